The number of aromatic amines is 1. The van der Waals surface area contributed by atoms with Crippen molar-refractivity contribution < 1.29 is 0 Å². The second-order valence-corrected chi connectivity index (χ2v) is 7.74. The second-order valence-electron chi connectivity index (χ2n) is 7.35. The van der Waals surface area contributed by atoms with Crippen LogP contribution in [0.4, 0.5) is 0 Å². The van der Waals surface area contributed by atoms with Crippen LogP contribution >= 0.6 is 12.2 Å². The van der Waals surface area contributed by atoms with Gasteiger partial charge in [0.25, 0.3) is 5.56 Å². The lowest BCUT2D eigenvalue weighted by Crippen LogP contribution is -2.40. The number of fused-ring (bicyclic) bond motifs is 4. The average Bonchev–Trinajstić information content (AvgIpc) is 2.99. The van der Waals surface area contributed by atoms with Crippen LogP contribution < -0.4 is 5.56 Å². The maximum Gasteiger partial charge on any atom is 0.258 e. The van der Waals surface area contributed by atoms with Crippen LogP contribution in [0.25, 0.3) is 11.3 Å². The molecule has 1 fully saturated rings. The molecule has 4 rings (SSSR count). The summed E-state index contributed by atoms with van der Waals surface area (Å²) in [5.74, 6) is 0. The average molecular weight is 338 g/mol. The van der Waals surface area contributed by atoms with E-state index in [0.717, 1.165) is 41.7 Å². The Bertz CT molecular complexity index is 945. The first-order valence-corrected chi connectivity index (χ1v) is 9.03. The van der Waals surface area contributed by atoms with E-state index in [1.165, 1.54) is 18.4 Å². The molecule has 0 radical (unpaired) electrons. The molecular weight excluding hydrogens is 316 g/mol. The van der Waals surface area contributed by atoms with Crippen molar-refractivity contribution >= 4 is 12.2 Å². The molecular formula is C20H22N2OS. The van der Waals surface area contributed by atoms with Crippen LogP contribution in [0.15, 0.2) is 41.2 Å². The van der Waals surface area contributed by atoms with Gasteiger partial charge in [-0.15, -0.1) is 0 Å². The highest BCUT2D eigenvalue weighted by Crippen LogP contribution is 2.49. The lowest BCUT2D eigenvalue weighted by atomic mass is 9.68. The third kappa shape index (κ3) is 2.24. The van der Waals surface area contributed by atoms with Gasteiger partial charge in [-0.1, -0.05) is 49.3 Å². The van der Waals surface area contributed by atoms with Crippen molar-refractivity contribution in [3.63, 3.8) is 0 Å². The van der Waals surface area contributed by atoms with Crippen LogP contribution in [0.3, 0.4) is 0 Å². The number of aromatic nitrogens is 2. The van der Waals surface area contributed by atoms with Crippen molar-refractivity contribution in [2.24, 2.45) is 0 Å². The van der Waals surface area contributed by atoms with Crippen molar-refractivity contribution in [3.05, 3.63) is 62.7 Å². The molecule has 0 unspecified atom stereocenters. The topological polar surface area (TPSA) is 37.8 Å². The summed E-state index contributed by atoms with van der Waals surface area (Å²) in [5.41, 5.74) is 5.35. The van der Waals surface area contributed by atoms with E-state index in [9.17, 15) is 4.79 Å². The molecule has 1 spiro atoms. The van der Waals surface area contributed by atoms with Gasteiger partial charge in [0.15, 0.2) is 4.77 Å². The molecule has 124 valence electrons. The van der Waals surface area contributed by atoms with Crippen molar-refractivity contribution in [2.45, 2.75) is 51.0 Å². The smallest absolute Gasteiger partial charge is 0.258 e. The van der Waals surface area contributed by atoms with Crippen molar-refractivity contribution in [1.29, 1.82) is 0 Å². The normalized spacial score (nSPS) is 17.5. The molecule has 2 aliphatic rings. The van der Waals surface area contributed by atoms with Gasteiger partial charge < -0.3 is 4.98 Å². The van der Waals surface area contributed by atoms with Gasteiger partial charge in [0.05, 0.1) is 5.69 Å². The van der Waals surface area contributed by atoms with E-state index in [0.29, 0.717) is 11.3 Å². The predicted octanol–water partition coefficient (Wildman–Crippen LogP) is 4.52. The zero-order chi connectivity index (χ0) is 16.9. The van der Waals surface area contributed by atoms with Gasteiger partial charge in [0.1, 0.15) is 0 Å². The number of rotatable bonds is 2. The summed E-state index contributed by atoms with van der Waals surface area (Å²) in [5, 5.41) is 0. The fourth-order valence-corrected chi connectivity index (χ4v) is 4.78. The predicted molar refractivity (Wildman–Crippen MR) is 100.0 cm³/mol. The highest BCUT2D eigenvalue weighted by Gasteiger charge is 2.43. The van der Waals surface area contributed by atoms with Crippen molar-refractivity contribution in [2.75, 3.05) is 0 Å². The van der Waals surface area contributed by atoms with Crippen molar-refractivity contribution in [1.82, 2.24) is 9.55 Å². The Hall–Kier alpha value is -1.94. The number of nitrogens with zero attached hydrogens (tertiary/aromatic N) is 1. The number of benzene rings is 1. The Labute approximate surface area is 147 Å². The molecule has 0 bridgehead atoms. The van der Waals surface area contributed by atoms with E-state index in [1.54, 1.807) is 4.57 Å². The van der Waals surface area contributed by atoms with Crippen LogP contribution in [0.1, 0.15) is 43.7 Å². The quantitative estimate of drug-likeness (QED) is 0.646. The van der Waals surface area contributed by atoms with Gasteiger partial charge in [-0.2, -0.15) is 0 Å². The van der Waals surface area contributed by atoms with Crippen LogP contribution in [0.5, 0.6) is 0 Å². The van der Waals surface area contributed by atoms with Gasteiger partial charge in [0.2, 0.25) is 0 Å². The van der Waals surface area contributed by atoms with Crippen molar-refractivity contribution in [3.8, 4) is 11.3 Å². The molecule has 4 heteroatoms. The Kier molecular flexibility index (Phi) is 3.61. The highest BCUT2D eigenvalue weighted by atomic mass is 32.1. The number of H-pyrrole nitrogens is 1. The molecule has 1 aromatic heterocycles. The van der Waals surface area contributed by atoms with Crippen LogP contribution in [0.2, 0.25) is 0 Å². The summed E-state index contributed by atoms with van der Waals surface area (Å²) in [6, 6.07) is 8.41. The van der Waals surface area contributed by atoms with E-state index < -0.39 is 0 Å². The maximum absolute atomic E-state index is 13.4. The SMILES string of the molecule is C=C(C)Cn1c(=S)[nH]c2c(c1=O)C1(CCCC1)Cc1ccccc1-2. The van der Waals surface area contributed by atoms with Crippen LogP contribution in [-0.4, -0.2) is 9.55 Å². The summed E-state index contributed by atoms with van der Waals surface area (Å²) in [4.78, 5) is 16.8. The summed E-state index contributed by atoms with van der Waals surface area (Å²) in [6.07, 6.45) is 5.51. The first-order chi connectivity index (χ1) is 11.5. The van der Waals surface area contributed by atoms with Crippen LogP contribution in [0, 0.1) is 4.77 Å². The van der Waals surface area contributed by atoms with Gasteiger partial charge in [0, 0.05) is 23.1 Å². The van der Waals surface area contributed by atoms with Gasteiger partial charge in [-0.25, -0.2) is 0 Å². The molecule has 1 heterocycles. The molecule has 0 saturated heterocycles. The number of hydrogen-bond acceptors (Lipinski definition) is 2. The highest BCUT2D eigenvalue weighted by molar-refractivity contribution is 7.71. The maximum atomic E-state index is 13.4. The minimum Gasteiger partial charge on any atom is -0.331 e. The first-order valence-electron chi connectivity index (χ1n) is 8.62. The summed E-state index contributed by atoms with van der Waals surface area (Å²) in [7, 11) is 0. The zero-order valence-corrected chi connectivity index (χ0v) is 14.8. The third-order valence-corrected chi connectivity index (χ3v) is 5.84. The zero-order valence-electron chi connectivity index (χ0n) is 14.0. The Morgan fingerprint density at radius 3 is 2.75 bits per heavy atom. The lowest BCUT2D eigenvalue weighted by molar-refractivity contribution is 0.421. The van der Waals surface area contributed by atoms with Gasteiger partial charge in [-0.05, 0) is 44.0 Å². The Balaban J connectivity index is 2.06. The lowest BCUT2D eigenvalue weighted by Gasteiger charge is -2.36. The summed E-state index contributed by atoms with van der Waals surface area (Å²) in [6.45, 7) is 6.37. The molecule has 1 aromatic carbocycles. The van der Waals surface area contributed by atoms with E-state index in [1.807, 2.05) is 13.0 Å². The fourth-order valence-electron chi connectivity index (χ4n) is 4.53. The molecule has 0 atom stereocenters. The standard InChI is InChI=1S/C20H22N2OS/c1-13(2)12-22-18(23)16-17(21-19(22)24)15-8-4-3-7-14(15)11-20(16)9-5-6-10-20/h3-4,7-8H,1,5-6,9-12H2,2H3,(H,21,24). The number of nitrogens with one attached hydrogen (secondary N) is 1. The molecule has 2 aromatic rings. The van der Waals surface area contributed by atoms with E-state index in [-0.39, 0.29) is 11.0 Å². The van der Waals surface area contributed by atoms with E-state index >= 15 is 0 Å². The van der Waals surface area contributed by atoms with Crippen LogP contribution in [-0.2, 0) is 18.4 Å². The molecule has 1 N–H and O–H groups in total. The third-order valence-electron chi connectivity index (χ3n) is 5.52. The Morgan fingerprint density at radius 2 is 2.04 bits per heavy atom. The minimum atomic E-state index is -0.0306. The summed E-state index contributed by atoms with van der Waals surface area (Å²) < 4.78 is 2.18. The second kappa shape index (κ2) is 5.55. The summed E-state index contributed by atoms with van der Waals surface area (Å²) >= 11 is 5.50. The molecule has 3 nitrogen and oxygen atoms in total. The molecule has 24 heavy (non-hydrogen) atoms. The van der Waals surface area contributed by atoms with Gasteiger partial charge in [-0.3, -0.25) is 9.36 Å². The largest absolute Gasteiger partial charge is 0.331 e. The monoisotopic (exact) mass is 338 g/mol. The Morgan fingerprint density at radius 1 is 1.33 bits per heavy atom. The number of hydrogen-bond donors (Lipinski definition) is 1. The fraction of sp³-hybridized carbons (Fsp3) is 0.400. The van der Waals surface area contributed by atoms with E-state index in [2.05, 4.69) is 29.8 Å². The van der Waals surface area contributed by atoms with E-state index in [4.69, 9.17) is 12.2 Å². The molecule has 0 aliphatic heterocycles. The molecule has 2 aliphatic carbocycles. The molecule has 0 amide bonds. The van der Waals surface area contributed by atoms with Gasteiger partial charge >= 0.3 is 0 Å². The minimum absolute atomic E-state index is 0.0306. The first kappa shape index (κ1) is 15.6. The number of allylic oxidation sites excluding steroid dienone is 1. The molecule has 1 saturated carbocycles.